The Balaban J connectivity index is 1.74. The van der Waals surface area contributed by atoms with Gasteiger partial charge < -0.3 is 15.3 Å². The third-order valence-electron chi connectivity index (χ3n) is 5.23. The summed E-state index contributed by atoms with van der Waals surface area (Å²) in [6, 6.07) is 4.06. The lowest BCUT2D eigenvalue weighted by atomic mass is 9.88. The molecule has 7 heteroatoms. The fourth-order valence-electron chi connectivity index (χ4n) is 3.91. The van der Waals surface area contributed by atoms with Crippen LogP contribution >= 0.6 is 0 Å². The maximum atomic E-state index is 13.3. The number of aliphatic carboxylic acids is 1. The van der Waals surface area contributed by atoms with E-state index in [1.165, 1.54) is 23.1 Å². The van der Waals surface area contributed by atoms with Gasteiger partial charge in [-0.15, -0.1) is 0 Å². The van der Waals surface area contributed by atoms with Gasteiger partial charge in [-0.1, -0.05) is 25.3 Å². The molecule has 2 aliphatic rings. The van der Waals surface area contributed by atoms with Crippen LogP contribution in [0.15, 0.2) is 18.2 Å². The number of carbonyl (C=O) groups excluding carboxylic acids is 2. The van der Waals surface area contributed by atoms with Crippen LogP contribution < -0.4 is 5.32 Å². The highest BCUT2D eigenvalue weighted by atomic mass is 19.1. The second-order valence-electron chi connectivity index (χ2n) is 7.11. The Bertz CT molecular complexity index is 715. The molecule has 26 heavy (non-hydrogen) atoms. The first-order valence-corrected chi connectivity index (χ1v) is 9.04. The van der Waals surface area contributed by atoms with Crippen LogP contribution in [-0.4, -0.2) is 47.3 Å². The van der Waals surface area contributed by atoms with E-state index in [1.807, 2.05) is 0 Å². The van der Waals surface area contributed by atoms with E-state index >= 15 is 0 Å². The lowest BCUT2D eigenvalue weighted by molar-refractivity contribution is -0.150. The molecule has 0 spiro atoms. The second-order valence-corrected chi connectivity index (χ2v) is 7.11. The molecule has 0 bridgehead atoms. The minimum atomic E-state index is -1.13. The molecule has 1 fully saturated rings. The van der Waals surface area contributed by atoms with Crippen molar-refractivity contribution in [3.8, 4) is 0 Å². The van der Waals surface area contributed by atoms with Crippen LogP contribution in [-0.2, 0) is 14.4 Å². The molecule has 1 amide bonds. The molecule has 1 aromatic rings. The van der Waals surface area contributed by atoms with Crippen LogP contribution in [0.3, 0.4) is 0 Å². The van der Waals surface area contributed by atoms with Crippen molar-refractivity contribution in [1.82, 2.24) is 4.90 Å². The lowest BCUT2D eigenvalue weighted by Crippen LogP contribution is -2.44. The molecule has 6 nitrogen and oxygen atoms in total. The molecule has 3 rings (SSSR count). The Kier molecular flexibility index (Phi) is 5.54. The Labute approximate surface area is 151 Å². The lowest BCUT2D eigenvalue weighted by Gasteiger charge is -2.29. The summed E-state index contributed by atoms with van der Waals surface area (Å²) >= 11 is 0. The summed E-state index contributed by atoms with van der Waals surface area (Å²) in [4.78, 5) is 37.8. The van der Waals surface area contributed by atoms with Crippen molar-refractivity contribution in [1.29, 1.82) is 0 Å². The van der Waals surface area contributed by atoms with Gasteiger partial charge in [-0.05, 0) is 36.5 Å². The summed E-state index contributed by atoms with van der Waals surface area (Å²) in [5.74, 6) is -3.42. The molecule has 0 aromatic heterocycles. The number of carboxylic acids is 1. The van der Waals surface area contributed by atoms with Crippen molar-refractivity contribution in [2.45, 2.75) is 38.0 Å². The summed E-state index contributed by atoms with van der Waals surface area (Å²) < 4.78 is 13.3. The van der Waals surface area contributed by atoms with Crippen molar-refractivity contribution in [3.05, 3.63) is 29.6 Å². The number of hydrogen-bond acceptors (Lipinski definition) is 4. The summed E-state index contributed by atoms with van der Waals surface area (Å²) in [6.07, 6.45) is 5.19. The zero-order valence-electron chi connectivity index (χ0n) is 14.5. The molecule has 1 aliphatic heterocycles. The van der Waals surface area contributed by atoms with Crippen LogP contribution in [0.25, 0.3) is 0 Å². The van der Waals surface area contributed by atoms with Gasteiger partial charge in [-0.2, -0.15) is 0 Å². The average molecular weight is 362 g/mol. The monoisotopic (exact) mass is 362 g/mol. The van der Waals surface area contributed by atoms with E-state index in [4.69, 9.17) is 5.11 Å². The van der Waals surface area contributed by atoms with Gasteiger partial charge in [-0.25, -0.2) is 4.39 Å². The minimum Gasteiger partial charge on any atom is -0.480 e. The van der Waals surface area contributed by atoms with Gasteiger partial charge in [0.15, 0.2) is 0 Å². The van der Waals surface area contributed by atoms with Gasteiger partial charge in [0.25, 0.3) is 5.91 Å². The molecule has 1 aliphatic carbocycles. The normalized spacial score (nSPS) is 19.5. The molecule has 1 unspecified atom stereocenters. The first kappa shape index (κ1) is 18.4. The van der Waals surface area contributed by atoms with Crippen LogP contribution in [0, 0.1) is 11.7 Å². The predicted molar refractivity (Wildman–Crippen MR) is 93.4 cm³/mol. The highest BCUT2D eigenvalue weighted by Gasteiger charge is 2.36. The number of amides is 1. The molecule has 1 atom stereocenters. The quantitative estimate of drug-likeness (QED) is 0.759. The summed E-state index contributed by atoms with van der Waals surface area (Å²) in [5.41, 5.74) is 1.09. The maximum absolute atomic E-state index is 13.3. The van der Waals surface area contributed by atoms with Gasteiger partial charge >= 0.3 is 5.97 Å². The number of nitrogens with zero attached hydrogens (tertiary/aromatic N) is 1. The van der Waals surface area contributed by atoms with E-state index in [2.05, 4.69) is 5.32 Å². The van der Waals surface area contributed by atoms with Crippen molar-refractivity contribution in [2.24, 2.45) is 5.92 Å². The third-order valence-corrected chi connectivity index (χ3v) is 5.23. The van der Waals surface area contributed by atoms with Gasteiger partial charge in [0, 0.05) is 18.8 Å². The maximum Gasteiger partial charge on any atom is 0.323 e. The van der Waals surface area contributed by atoms with Crippen molar-refractivity contribution in [3.63, 3.8) is 0 Å². The first-order chi connectivity index (χ1) is 12.5. The molecule has 1 heterocycles. The van der Waals surface area contributed by atoms with Gasteiger partial charge in [0.1, 0.15) is 12.4 Å². The van der Waals surface area contributed by atoms with E-state index in [9.17, 15) is 18.8 Å². The van der Waals surface area contributed by atoms with Crippen molar-refractivity contribution >= 4 is 23.3 Å². The van der Waals surface area contributed by atoms with Gasteiger partial charge in [-0.3, -0.25) is 14.4 Å². The SMILES string of the molecule is O=C(O)CN(CC1CCCCC1)C(=O)C(=O)C1CNc2cc(F)ccc21. The van der Waals surface area contributed by atoms with Crippen molar-refractivity contribution < 1.29 is 23.9 Å². The zero-order chi connectivity index (χ0) is 18.7. The Hall–Kier alpha value is -2.44. The molecular formula is C19H23FN2O4. The topological polar surface area (TPSA) is 86.7 Å². The van der Waals surface area contributed by atoms with Gasteiger partial charge in [0.05, 0.1) is 5.92 Å². The number of halogens is 1. The van der Waals surface area contributed by atoms with Crippen LogP contribution in [0.4, 0.5) is 10.1 Å². The Morgan fingerprint density at radius 1 is 1.19 bits per heavy atom. The number of rotatable bonds is 6. The van der Waals surface area contributed by atoms with Crippen LogP contribution in [0.5, 0.6) is 0 Å². The van der Waals surface area contributed by atoms with Crippen LogP contribution in [0.2, 0.25) is 0 Å². The number of carboxylic acid groups (broad SMARTS) is 1. The highest BCUT2D eigenvalue weighted by Crippen LogP contribution is 2.33. The number of ketones is 1. The first-order valence-electron chi connectivity index (χ1n) is 9.04. The average Bonchev–Trinajstić information content (AvgIpc) is 3.03. The number of Topliss-reactive ketones (excluding diaryl/α,β-unsaturated/α-hetero) is 1. The smallest absolute Gasteiger partial charge is 0.323 e. The predicted octanol–water partition coefficient (Wildman–Crippen LogP) is 2.40. The fraction of sp³-hybridized carbons (Fsp3) is 0.526. The summed E-state index contributed by atoms with van der Waals surface area (Å²) in [7, 11) is 0. The highest BCUT2D eigenvalue weighted by molar-refractivity contribution is 6.38. The number of hydrogen-bond donors (Lipinski definition) is 2. The molecule has 0 radical (unpaired) electrons. The minimum absolute atomic E-state index is 0.216. The third kappa shape index (κ3) is 4.03. The second kappa shape index (κ2) is 7.85. The number of carbonyl (C=O) groups is 3. The molecule has 1 saturated carbocycles. The van der Waals surface area contributed by atoms with E-state index in [1.54, 1.807) is 0 Å². The number of fused-ring (bicyclic) bond motifs is 1. The van der Waals surface area contributed by atoms with E-state index in [0.717, 1.165) is 32.1 Å². The molecule has 1 aromatic carbocycles. The number of benzene rings is 1. The van der Waals surface area contributed by atoms with E-state index in [0.29, 0.717) is 17.8 Å². The van der Waals surface area contributed by atoms with E-state index < -0.39 is 35.9 Å². The zero-order valence-corrected chi connectivity index (χ0v) is 14.5. The molecule has 2 N–H and O–H groups in total. The largest absolute Gasteiger partial charge is 0.480 e. The number of nitrogens with one attached hydrogen (secondary N) is 1. The number of anilines is 1. The van der Waals surface area contributed by atoms with Crippen LogP contribution in [0.1, 0.15) is 43.6 Å². The summed E-state index contributed by atoms with van der Waals surface area (Å²) in [5, 5.41) is 12.1. The van der Waals surface area contributed by atoms with Crippen molar-refractivity contribution in [2.75, 3.05) is 25.0 Å². The standard InChI is InChI=1S/C19H23FN2O4/c20-13-6-7-14-15(9-21-16(14)8-13)18(25)19(26)22(11-17(23)24)10-12-4-2-1-3-5-12/h6-8,12,15,21H,1-5,9-11H2,(H,23,24). The van der Waals surface area contributed by atoms with E-state index in [-0.39, 0.29) is 12.5 Å². The van der Waals surface area contributed by atoms with Gasteiger partial charge in [0.2, 0.25) is 5.78 Å². The Morgan fingerprint density at radius 3 is 2.62 bits per heavy atom. The summed E-state index contributed by atoms with van der Waals surface area (Å²) in [6.45, 7) is 0.0402. The Morgan fingerprint density at radius 2 is 1.92 bits per heavy atom. The molecular weight excluding hydrogens is 339 g/mol. The molecule has 140 valence electrons. The fourth-order valence-corrected chi connectivity index (χ4v) is 3.91. The molecule has 0 saturated heterocycles.